The smallest absolute Gasteiger partial charge is 0.255 e. The van der Waals surface area contributed by atoms with Crippen molar-refractivity contribution in [3.8, 4) is 5.75 Å². The van der Waals surface area contributed by atoms with Crippen LogP contribution in [0.25, 0.3) is 0 Å². The van der Waals surface area contributed by atoms with Crippen LogP contribution in [-0.4, -0.2) is 17.9 Å². The highest BCUT2D eigenvalue weighted by Gasteiger charge is 2.10. The van der Waals surface area contributed by atoms with Crippen molar-refractivity contribution in [2.75, 3.05) is 10.6 Å². The van der Waals surface area contributed by atoms with Gasteiger partial charge in [-0.3, -0.25) is 9.59 Å². The van der Waals surface area contributed by atoms with Gasteiger partial charge in [0.15, 0.2) is 0 Å². The molecule has 3 aromatic rings. The first kappa shape index (κ1) is 21.1. The maximum Gasteiger partial charge on any atom is 0.255 e. The zero-order valence-corrected chi connectivity index (χ0v) is 17.4. The molecule has 5 heteroatoms. The summed E-state index contributed by atoms with van der Waals surface area (Å²) in [7, 11) is 0. The second-order valence-electron chi connectivity index (χ2n) is 7.17. The van der Waals surface area contributed by atoms with E-state index in [1.807, 2.05) is 38.1 Å². The molecule has 30 heavy (non-hydrogen) atoms. The van der Waals surface area contributed by atoms with Gasteiger partial charge in [0.25, 0.3) is 11.8 Å². The highest BCUT2D eigenvalue weighted by atomic mass is 16.5. The van der Waals surface area contributed by atoms with E-state index in [-0.39, 0.29) is 17.9 Å². The van der Waals surface area contributed by atoms with Crippen LogP contribution in [0.15, 0.2) is 72.8 Å². The van der Waals surface area contributed by atoms with Crippen LogP contribution in [0.5, 0.6) is 5.75 Å². The van der Waals surface area contributed by atoms with Crippen LogP contribution in [-0.2, 0) is 0 Å². The Balaban J connectivity index is 1.63. The monoisotopic (exact) mass is 402 g/mol. The van der Waals surface area contributed by atoms with E-state index in [1.165, 1.54) is 0 Å². The molecule has 154 valence electrons. The summed E-state index contributed by atoms with van der Waals surface area (Å²) in [5, 5.41) is 5.79. The lowest BCUT2D eigenvalue weighted by Crippen LogP contribution is -2.14. The van der Waals surface area contributed by atoms with E-state index in [4.69, 9.17) is 4.74 Å². The molecule has 0 aliphatic heterocycles. The van der Waals surface area contributed by atoms with Crippen LogP contribution in [0.3, 0.4) is 0 Å². The molecule has 2 N–H and O–H groups in total. The molecule has 0 radical (unpaired) electrons. The van der Waals surface area contributed by atoms with Crippen LogP contribution in [0.4, 0.5) is 11.4 Å². The van der Waals surface area contributed by atoms with Gasteiger partial charge in [0.1, 0.15) is 5.75 Å². The Hall–Kier alpha value is -3.60. The van der Waals surface area contributed by atoms with Gasteiger partial charge < -0.3 is 15.4 Å². The second kappa shape index (κ2) is 9.74. The predicted molar refractivity (Wildman–Crippen MR) is 120 cm³/mol. The molecule has 1 unspecified atom stereocenters. The van der Waals surface area contributed by atoms with E-state index in [0.29, 0.717) is 22.5 Å². The normalized spacial score (nSPS) is 11.4. The van der Waals surface area contributed by atoms with Gasteiger partial charge in [-0.25, -0.2) is 0 Å². The maximum absolute atomic E-state index is 12.5. The van der Waals surface area contributed by atoms with Crippen molar-refractivity contribution >= 4 is 23.2 Å². The molecule has 0 aliphatic rings. The number of ether oxygens (including phenoxy) is 1. The summed E-state index contributed by atoms with van der Waals surface area (Å²) in [6.07, 6.45) is 1.05. The Kier molecular flexibility index (Phi) is 6.86. The van der Waals surface area contributed by atoms with Gasteiger partial charge in [-0.1, -0.05) is 25.1 Å². The van der Waals surface area contributed by atoms with Gasteiger partial charge in [0.2, 0.25) is 0 Å². The Morgan fingerprint density at radius 3 is 2.13 bits per heavy atom. The van der Waals surface area contributed by atoms with Crippen molar-refractivity contribution in [3.63, 3.8) is 0 Å². The molecule has 3 aromatic carbocycles. The van der Waals surface area contributed by atoms with E-state index in [9.17, 15) is 9.59 Å². The fourth-order valence-corrected chi connectivity index (χ4v) is 2.87. The van der Waals surface area contributed by atoms with Crippen LogP contribution in [0.2, 0.25) is 0 Å². The SMILES string of the molecule is CCC(C)Oc1ccc(C(=O)Nc2ccc(NC(=O)c3ccccc3)c(C)c2)cc1. The number of anilines is 2. The van der Waals surface area contributed by atoms with Crippen molar-refractivity contribution in [1.82, 2.24) is 0 Å². The number of benzene rings is 3. The summed E-state index contributed by atoms with van der Waals surface area (Å²) < 4.78 is 5.74. The third kappa shape index (κ3) is 5.47. The predicted octanol–water partition coefficient (Wildman–Crippen LogP) is 5.68. The van der Waals surface area contributed by atoms with Gasteiger partial charge in [0.05, 0.1) is 6.10 Å². The van der Waals surface area contributed by atoms with E-state index < -0.39 is 0 Å². The van der Waals surface area contributed by atoms with Crippen molar-refractivity contribution < 1.29 is 14.3 Å². The van der Waals surface area contributed by atoms with Crippen LogP contribution < -0.4 is 15.4 Å². The summed E-state index contributed by atoms with van der Waals surface area (Å²) in [6, 6.07) is 21.5. The molecule has 5 nitrogen and oxygen atoms in total. The number of rotatable bonds is 7. The lowest BCUT2D eigenvalue weighted by Gasteiger charge is -2.13. The zero-order chi connectivity index (χ0) is 21.5. The third-order valence-electron chi connectivity index (χ3n) is 4.80. The average Bonchev–Trinajstić information content (AvgIpc) is 2.76. The van der Waals surface area contributed by atoms with E-state index in [0.717, 1.165) is 17.7 Å². The minimum absolute atomic E-state index is 0.133. The van der Waals surface area contributed by atoms with E-state index in [2.05, 4.69) is 17.6 Å². The number of hydrogen-bond donors (Lipinski definition) is 2. The number of nitrogens with one attached hydrogen (secondary N) is 2. The molecule has 0 heterocycles. The van der Waals surface area contributed by atoms with E-state index >= 15 is 0 Å². The molecule has 2 amide bonds. The zero-order valence-electron chi connectivity index (χ0n) is 17.4. The molecule has 0 aliphatic carbocycles. The first-order chi connectivity index (χ1) is 14.5. The van der Waals surface area contributed by atoms with Crippen molar-refractivity contribution in [3.05, 3.63) is 89.5 Å². The second-order valence-corrected chi connectivity index (χ2v) is 7.17. The Morgan fingerprint density at radius 1 is 0.867 bits per heavy atom. The highest BCUT2D eigenvalue weighted by Crippen LogP contribution is 2.22. The molecule has 1 atom stereocenters. The highest BCUT2D eigenvalue weighted by molar-refractivity contribution is 6.06. The number of carbonyl (C=O) groups excluding carboxylic acids is 2. The molecule has 0 saturated carbocycles. The summed E-state index contributed by atoms with van der Waals surface area (Å²) in [5.74, 6) is 0.371. The summed E-state index contributed by atoms with van der Waals surface area (Å²) in [4.78, 5) is 24.9. The molecule has 0 bridgehead atoms. The minimum atomic E-state index is -0.203. The quantitative estimate of drug-likeness (QED) is 0.534. The number of aryl methyl sites for hydroxylation is 1. The minimum Gasteiger partial charge on any atom is -0.491 e. The maximum atomic E-state index is 12.5. The Morgan fingerprint density at radius 2 is 1.50 bits per heavy atom. The van der Waals surface area contributed by atoms with Gasteiger partial charge in [-0.2, -0.15) is 0 Å². The first-order valence-corrected chi connectivity index (χ1v) is 10.0. The van der Waals surface area contributed by atoms with E-state index in [1.54, 1.807) is 48.5 Å². The lowest BCUT2D eigenvalue weighted by molar-refractivity contribution is 0.101. The summed E-state index contributed by atoms with van der Waals surface area (Å²) in [6.45, 7) is 5.96. The Labute approximate surface area is 177 Å². The topological polar surface area (TPSA) is 67.4 Å². The molecular weight excluding hydrogens is 376 g/mol. The molecule has 0 aromatic heterocycles. The molecule has 0 saturated heterocycles. The summed E-state index contributed by atoms with van der Waals surface area (Å²) >= 11 is 0. The van der Waals surface area contributed by atoms with Crippen LogP contribution >= 0.6 is 0 Å². The molecule has 0 spiro atoms. The Bertz CT molecular complexity index is 1010. The largest absolute Gasteiger partial charge is 0.491 e. The number of amides is 2. The van der Waals surface area contributed by atoms with Crippen LogP contribution in [0.1, 0.15) is 46.5 Å². The fourth-order valence-electron chi connectivity index (χ4n) is 2.87. The van der Waals surface area contributed by atoms with Gasteiger partial charge in [0, 0.05) is 22.5 Å². The van der Waals surface area contributed by atoms with Crippen molar-refractivity contribution in [2.45, 2.75) is 33.3 Å². The number of hydrogen-bond acceptors (Lipinski definition) is 3. The van der Waals surface area contributed by atoms with Gasteiger partial charge >= 0.3 is 0 Å². The molecule has 0 fully saturated rings. The van der Waals surface area contributed by atoms with Gasteiger partial charge in [-0.15, -0.1) is 0 Å². The average molecular weight is 402 g/mol. The van der Waals surface area contributed by atoms with Crippen molar-refractivity contribution in [2.24, 2.45) is 0 Å². The number of carbonyl (C=O) groups is 2. The summed E-state index contributed by atoms with van der Waals surface area (Å²) in [5.41, 5.74) is 3.36. The lowest BCUT2D eigenvalue weighted by atomic mass is 10.1. The van der Waals surface area contributed by atoms with Gasteiger partial charge in [-0.05, 0) is 80.4 Å². The first-order valence-electron chi connectivity index (χ1n) is 10.0. The fraction of sp³-hybridized carbons (Fsp3) is 0.200. The van der Waals surface area contributed by atoms with Crippen molar-refractivity contribution in [1.29, 1.82) is 0 Å². The standard InChI is InChI=1S/C25H26N2O3/c1-4-18(3)30-22-13-10-20(11-14-22)24(28)26-21-12-15-23(17(2)16-21)27-25(29)19-8-6-5-7-9-19/h5-16,18H,4H2,1-3H3,(H,26,28)(H,27,29). The molecule has 3 rings (SSSR count). The van der Waals surface area contributed by atoms with Crippen LogP contribution in [0, 0.1) is 6.92 Å². The molecular formula is C25H26N2O3. The third-order valence-corrected chi connectivity index (χ3v) is 4.80.